The van der Waals surface area contributed by atoms with E-state index in [1.165, 1.54) is 6.42 Å². The van der Waals surface area contributed by atoms with Gasteiger partial charge in [0.1, 0.15) is 6.23 Å². The molecule has 2 nitrogen and oxygen atoms in total. The van der Waals surface area contributed by atoms with Gasteiger partial charge in [-0.2, -0.15) is 0 Å². The Balaban J connectivity index is 2.28. The highest BCUT2D eigenvalue weighted by molar-refractivity contribution is 4.75. The van der Waals surface area contributed by atoms with Crippen LogP contribution in [0.25, 0.3) is 0 Å². The van der Waals surface area contributed by atoms with E-state index >= 15 is 0 Å². The van der Waals surface area contributed by atoms with Gasteiger partial charge < -0.3 is 4.74 Å². The average Bonchev–Trinajstić information content (AvgIpc) is 2.34. The van der Waals surface area contributed by atoms with Gasteiger partial charge in [-0.3, -0.25) is 5.32 Å². The van der Waals surface area contributed by atoms with Gasteiger partial charge in [-0.25, -0.2) is 0 Å². The highest BCUT2D eigenvalue weighted by Gasteiger charge is 2.24. The highest BCUT2D eigenvalue weighted by Crippen LogP contribution is 2.12. The van der Waals surface area contributed by atoms with Gasteiger partial charge in [0.15, 0.2) is 0 Å². The molecular formula is C8H17NO. The Labute approximate surface area is 63.0 Å². The molecule has 0 aromatic heterocycles. The zero-order valence-corrected chi connectivity index (χ0v) is 7.05. The van der Waals surface area contributed by atoms with Crippen LogP contribution < -0.4 is 5.32 Å². The molecule has 0 aromatic carbocycles. The van der Waals surface area contributed by atoms with Crippen LogP contribution in [0.5, 0.6) is 0 Å². The third-order valence-corrected chi connectivity index (χ3v) is 1.98. The molecule has 1 saturated heterocycles. The molecule has 0 aromatic rings. The van der Waals surface area contributed by atoms with Gasteiger partial charge in [0, 0.05) is 6.04 Å². The standard InChI is InChI=1S/C8H17NO/c1-4-7-5-10-8(9-7)6(2)3/h6-9H,4-5H2,1-3H3. The molecule has 0 amide bonds. The number of hydrogen-bond donors (Lipinski definition) is 1. The van der Waals surface area contributed by atoms with Crippen LogP contribution in [0.1, 0.15) is 27.2 Å². The Morgan fingerprint density at radius 1 is 1.60 bits per heavy atom. The van der Waals surface area contributed by atoms with E-state index in [1.807, 2.05) is 0 Å². The fraction of sp³-hybridized carbons (Fsp3) is 1.00. The Bertz CT molecular complexity index is 103. The van der Waals surface area contributed by atoms with Crippen molar-refractivity contribution in [2.45, 2.75) is 39.5 Å². The Morgan fingerprint density at radius 3 is 2.60 bits per heavy atom. The maximum absolute atomic E-state index is 5.51. The van der Waals surface area contributed by atoms with Crippen molar-refractivity contribution in [2.75, 3.05) is 6.61 Å². The van der Waals surface area contributed by atoms with E-state index in [-0.39, 0.29) is 0 Å². The smallest absolute Gasteiger partial charge is 0.110 e. The fourth-order valence-corrected chi connectivity index (χ4v) is 1.17. The van der Waals surface area contributed by atoms with Crippen molar-refractivity contribution in [3.63, 3.8) is 0 Å². The molecule has 2 atom stereocenters. The van der Waals surface area contributed by atoms with E-state index in [0.717, 1.165) is 6.61 Å². The molecule has 1 aliphatic heterocycles. The van der Waals surface area contributed by atoms with Crippen molar-refractivity contribution in [1.82, 2.24) is 5.32 Å². The van der Waals surface area contributed by atoms with Gasteiger partial charge >= 0.3 is 0 Å². The maximum Gasteiger partial charge on any atom is 0.110 e. The summed E-state index contributed by atoms with van der Waals surface area (Å²) in [5.74, 6) is 0.594. The van der Waals surface area contributed by atoms with Crippen molar-refractivity contribution in [3.8, 4) is 0 Å². The molecule has 0 aliphatic carbocycles. The summed E-state index contributed by atoms with van der Waals surface area (Å²) < 4.78 is 5.51. The van der Waals surface area contributed by atoms with Gasteiger partial charge in [-0.1, -0.05) is 20.8 Å². The SMILES string of the molecule is CCC1COC(C(C)C)N1. The monoisotopic (exact) mass is 143 g/mol. The van der Waals surface area contributed by atoms with E-state index in [9.17, 15) is 0 Å². The van der Waals surface area contributed by atoms with Crippen molar-refractivity contribution < 1.29 is 4.74 Å². The molecule has 2 heteroatoms. The van der Waals surface area contributed by atoms with Crippen molar-refractivity contribution in [3.05, 3.63) is 0 Å². The van der Waals surface area contributed by atoms with E-state index in [2.05, 4.69) is 26.1 Å². The van der Waals surface area contributed by atoms with E-state index < -0.39 is 0 Å². The maximum atomic E-state index is 5.51. The summed E-state index contributed by atoms with van der Waals surface area (Å²) in [6.45, 7) is 7.43. The molecule has 1 heterocycles. The molecule has 1 rings (SSSR count). The van der Waals surface area contributed by atoms with Crippen LogP contribution in [-0.4, -0.2) is 18.9 Å². The summed E-state index contributed by atoms with van der Waals surface area (Å²) in [6.07, 6.45) is 1.47. The largest absolute Gasteiger partial charge is 0.361 e. The lowest BCUT2D eigenvalue weighted by Crippen LogP contribution is -2.33. The van der Waals surface area contributed by atoms with Crippen LogP contribution in [0.15, 0.2) is 0 Å². The minimum atomic E-state index is 0.296. The van der Waals surface area contributed by atoms with Crippen molar-refractivity contribution in [1.29, 1.82) is 0 Å². The first-order valence-electron chi connectivity index (χ1n) is 4.11. The molecule has 1 fully saturated rings. The van der Waals surface area contributed by atoms with Crippen LogP contribution >= 0.6 is 0 Å². The second kappa shape index (κ2) is 3.35. The number of rotatable bonds is 2. The number of hydrogen-bond acceptors (Lipinski definition) is 2. The van der Waals surface area contributed by atoms with E-state index in [4.69, 9.17) is 4.74 Å². The lowest BCUT2D eigenvalue weighted by Gasteiger charge is -2.14. The summed E-state index contributed by atoms with van der Waals surface area (Å²) in [5, 5.41) is 3.42. The second-order valence-electron chi connectivity index (χ2n) is 3.27. The molecule has 0 radical (unpaired) electrons. The van der Waals surface area contributed by atoms with E-state index in [1.54, 1.807) is 0 Å². The second-order valence-corrected chi connectivity index (χ2v) is 3.27. The van der Waals surface area contributed by atoms with Crippen LogP contribution in [0, 0.1) is 5.92 Å². The third kappa shape index (κ3) is 1.70. The Hall–Kier alpha value is -0.0800. The first-order chi connectivity index (χ1) is 4.74. The third-order valence-electron chi connectivity index (χ3n) is 1.98. The molecule has 1 N–H and O–H groups in total. The topological polar surface area (TPSA) is 21.3 Å². The molecular weight excluding hydrogens is 126 g/mol. The lowest BCUT2D eigenvalue weighted by molar-refractivity contribution is 0.0644. The van der Waals surface area contributed by atoms with Crippen LogP contribution in [-0.2, 0) is 4.74 Å². The lowest BCUT2D eigenvalue weighted by atomic mass is 10.2. The van der Waals surface area contributed by atoms with Gasteiger partial charge in [-0.15, -0.1) is 0 Å². The van der Waals surface area contributed by atoms with Crippen LogP contribution in [0.4, 0.5) is 0 Å². The zero-order chi connectivity index (χ0) is 7.56. The number of ether oxygens (including phenoxy) is 1. The summed E-state index contributed by atoms with van der Waals surface area (Å²) in [6, 6.07) is 0.590. The van der Waals surface area contributed by atoms with Gasteiger partial charge in [0.2, 0.25) is 0 Å². The molecule has 0 spiro atoms. The summed E-state index contributed by atoms with van der Waals surface area (Å²) in [4.78, 5) is 0. The fourth-order valence-electron chi connectivity index (χ4n) is 1.17. The molecule has 0 bridgehead atoms. The first-order valence-corrected chi connectivity index (χ1v) is 4.11. The zero-order valence-electron chi connectivity index (χ0n) is 7.05. The van der Waals surface area contributed by atoms with Gasteiger partial charge in [0.25, 0.3) is 0 Å². The Kier molecular flexibility index (Phi) is 2.69. The predicted molar refractivity (Wildman–Crippen MR) is 41.8 cm³/mol. The quantitative estimate of drug-likeness (QED) is 0.630. The highest BCUT2D eigenvalue weighted by atomic mass is 16.5. The van der Waals surface area contributed by atoms with Gasteiger partial charge in [0.05, 0.1) is 6.61 Å². The minimum absolute atomic E-state index is 0.296. The molecule has 1 aliphatic rings. The predicted octanol–water partition coefficient (Wildman–Crippen LogP) is 1.37. The molecule has 2 unspecified atom stereocenters. The molecule has 10 heavy (non-hydrogen) atoms. The van der Waals surface area contributed by atoms with Crippen LogP contribution in [0.3, 0.4) is 0 Å². The average molecular weight is 143 g/mol. The molecule has 60 valence electrons. The van der Waals surface area contributed by atoms with Crippen LogP contribution in [0.2, 0.25) is 0 Å². The summed E-state index contributed by atoms with van der Waals surface area (Å²) in [5.41, 5.74) is 0. The summed E-state index contributed by atoms with van der Waals surface area (Å²) >= 11 is 0. The van der Waals surface area contributed by atoms with E-state index in [0.29, 0.717) is 18.2 Å². The first kappa shape index (κ1) is 8.02. The summed E-state index contributed by atoms with van der Waals surface area (Å²) in [7, 11) is 0. The minimum Gasteiger partial charge on any atom is -0.361 e. The van der Waals surface area contributed by atoms with Gasteiger partial charge in [-0.05, 0) is 12.3 Å². The Morgan fingerprint density at radius 2 is 2.30 bits per heavy atom. The normalized spacial score (nSPS) is 33.6. The molecule has 0 saturated carbocycles. The van der Waals surface area contributed by atoms with Crippen molar-refractivity contribution in [2.24, 2.45) is 5.92 Å². The van der Waals surface area contributed by atoms with Crippen molar-refractivity contribution >= 4 is 0 Å². The number of nitrogens with one attached hydrogen (secondary N) is 1.